The Morgan fingerprint density at radius 3 is 2.43 bits per heavy atom. The van der Waals surface area contributed by atoms with E-state index >= 15 is 0 Å². The van der Waals surface area contributed by atoms with Gasteiger partial charge in [0.25, 0.3) is 5.88 Å². The number of ether oxygens (including phenoxy) is 2. The highest BCUT2D eigenvalue weighted by Gasteiger charge is 2.23. The molecule has 0 radical (unpaired) electrons. The number of hydrogen-bond acceptors (Lipinski definition) is 6. The molecular weight excluding hydrogens is 382 g/mol. The van der Waals surface area contributed by atoms with Crippen molar-refractivity contribution >= 4 is 28.6 Å². The Balaban J connectivity index is 1.47. The van der Waals surface area contributed by atoms with Gasteiger partial charge in [-0.1, -0.05) is 18.2 Å². The molecule has 1 aromatic heterocycles. The number of aromatic nitrogens is 2. The number of aryl methyl sites for hydroxylation is 1. The van der Waals surface area contributed by atoms with Crippen molar-refractivity contribution in [3.05, 3.63) is 48.0 Å². The van der Waals surface area contributed by atoms with Crippen molar-refractivity contribution in [3.63, 3.8) is 0 Å². The highest BCUT2D eigenvalue weighted by Crippen LogP contribution is 2.26. The van der Waals surface area contributed by atoms with Crippen molar-refractivity contribution in [2.45, 2.75) is 6.92 Å². The molecule has 2 aromatic carbocycles. The van der Waals surface area contributed by atoms with Crippen LogP contribution in [-0.4, -0.2) is 61.3 Å². The summed E-state index contributed by atoms with van der Waals surface area (Å²) in [4.78, 5) is 25.9. The lowest BCUT2D eigenvalue weighted by molar-refractivity contribution is 0.208. The number of anilines is 2. The van der Waals surface area contributed by atoms with Gasteiger partial charge in [0.2, 0.25) is 0 Å². The van der Waals surface area contributed by atoms with Gasteiger partial charge >= 0.3 is 6.03 Å². The smallest absolute Gasteiger partial charge is 0.323 e. The molecule has 0 spiro atoms. The van der Waals surface area contributed by atoms with Crippen LogP contribution in [0.2, 0.25) is 0 Å². The van der Waals surface area contributed by atoms with Crippen molar-refractivity contribution in [1.29, 1.82) is 0 Å². The van der Waals surface area contributed by atoms with Gasteiger partial charge in [0, 0.05) is 37.9 Å². The molecule has 2 amide bonds. The number of hydrogen-bond donors (Lipinski definition) is 1. The van der Waals surface area contributed by atoms with Crippen molar-refractivity contribution in [1.82, 2.24) is 14.9 Å². The number of carbonyl (C=O) groups excluding carboxylic acids is 1. The lowest BCUT2D eigenvalue weighted by Gasteiger charge is -2.36. The average Bonchev–Trinajstić information content (AvgIpc) is 2.78. The van der Waals surface area contributed by atoms with E-state index in [0.29, 0.717) is 35.7 Å². The molecule has 8 nitrogen and oxygen atoms in total. The fourth-order valence-corrected chi connectivity index (χ4v) is 3.62. The first-order chi connectivity index (χ1) is 14.6. The second-order valence-electron chi connectivity index (χ2n) is 7.13. The van der Waals surface area contributed by atoms with Crippen LogP contribution < -0.4 is 19.7 Å². The normalized spacial score (nSPS) is 14.0. The average molecular weight is 407 g/mol. The van der Waals surface area contributed by atoms with Crippen molar-refractivity contribution in [3.8, 4) is 11.6 Å². The minimum absolute atomic E-state index is 0.214. The molecule has 1 N–H and O–H groups in total. The van der Waals surface area contributed by atoms with Crippen LogP contribution in [0, 0.1) is 6.92 Å². The second kappa shape index (κ2) is 8.44. The fourth-order valence-electron chi connectivity index (χ4n) is 3.62. The number of piperazine rings is 1. The monoisotopic (exact) mass is 407 g/mol. The molecule has 0 aliphatic carbocycles. The van der Waals surface area contributed by atoms with Crippen LogP contribution in [0.25, 0.3) is 11.0 Å². The molecule has 0 saturated carbocycles. The van der Waals surface area contributed by atoms with E-state index in [-0.39, 0.29) is 11.9 Å². The highest BCUT2D eigenvalue weighted by molar-refractivity contribution is 5.91. The second-order valence-corrected chi connectivity index (χ2v) is 7.13. The first-order valence-electron chi connectivity index (χ1n) is 9.85. The molecule has 3 aromatic rings. The Hall–Kier alpha value is -3.55. The summed E-state index contributed by atoms with van der Waals surface area (Å²) in [6, 6.07) is 13.5. The molecule has 1 aliphatic heterocycles. The van der Waals surface area contributed by atoms with Gasteiger partial charge in [0.15, 0.2) is 5.82 Å². The number of carbonyl (C=O) groups is 1. The molecule has 2 heterocycles. The number of nitrogens with zero attached hydrogens (tertiary/aromatic N) is 4. The molecule has 1 aliphatic rings. The number of benzene rings is 2. The minimum atomic E-state index is -0.214. The maximum atomic E-state index is 12.9. The molecule has 0 atom stereocenters. The van der Waals surface area contributed by atoms with Gasteiger partial charge in [-0.15, -0.1) is 0 Å². The number of rotatable bonds is 4. The largest absolute Gasteiger partial charge is 0.497 e. The molecular formula is C22H25N5O3. The van der Waals surface area contributed by atoms with E-state index in [0.717, 1.165) is 13.1 Å². The standard InChI is InChI=1S/C22H25N5O3/c1-15-6-4-5-7-19(15)26-10-12-27(13-11-26)22(28)25-20-21(30-3)24-17-9-8-16(29-2)14-18(17)23-20/h4-9,14H,10-13H2,1-3H3,(H,23,25,28). The first kappa shape index (κ1) is 19.8. The molecule has 0 bridgehead atoms. The van der Waals surface area contributed by atoms with Crippen molar-refractivity contribution < 1.29 is 14.3 Å². The van der Waals surface area contributed by atoms with Crippen LogP contribution in [0.5, 0.6) is 11.6 Å². The molecule has 8 heteroatoms. The third-order valence-electron chi connectivity index (χ3n) is 5.28. The Labute approximate surface area is 175 Å². The van der Waals surface area contributed by atoms with Crippen LogP contribution in [0.3, 0.4) is 0 Å². The highest BCUT2D eigenvalue weighted by atomic mass is 16.5. The molecule has 0 unspecified atom stereocenters. The number of fused-ring (bicyclic) bond motifs is 1. The molecule has 156 valence electrons. The van der Waals surface area contributed by atoms with E-state index in [1.54, 1.807) is 24.1 Å². The summed E-state index contributed by atoms with van der Waals surface area (Å²) in [6.07, 6.45) is 0. The summed E-state index contributed by atoms with van der Waals surface area (Å²) < 4.78 is 10.6. The number of nitrogens with one attached hydrogen (secondary N) is 1. The maximum absolute atomic E-state index is 12.9. The topological polar surface area (TPSA) is 79.8 Å². The Morgan fingerprint density at radius 1 is 0.967 bits per heavy atom. The molecule has 30 heavy (non-hydrogen) atoms. The van der Waals surface area contributed by atoms with Crippen molar-refractivity contribution in [2.75, 3.05) is 50.6 Å². The van der Waals surface area contributed by atoms with Gasteiger partial charge < -0.3 is 19.3 Å². The van der Waals surface area contributed by atoms with E-state index in [4.69, 9.17) is 9.47 Å². The molecule has 4 rings (SSSR count). The summed E-state index contributed by atoms with van der Waals surface area (Å²) in [7, 11) is 3.10. The molecule has 1 fully saturated rings. The van der Waals surface area contributed by atoms with Crippen LogP contribution in [0.15, 0.2) is 42.5 Å². The summed E-state index contributed by atoms with van der Waals surface area (Å²) >= 11 is 0. The fraction of sp³-hybridized carbons (Fsp3) is 0.318. The van der Waals surface area contributed by atoms with E-state index < -0.39 is 0 Å². The van der Waals surface area contributed by atoms with Gasteiger partial charge in [-0.3, -0.25) is 5.32 Å². The lowest BCUT2D eigenvalue weighted by Crippen LogP contribution is -2.50. The number of methoxy groups -OCH3 is 2. The van der Waals surface area contributed by atoms with Gasteiger partial charge in [-0.25, -0.2) is 14.8 Å². The summed E-state index contributed by atoms with van der Waals surface area (Å²) in [6.45, 7) is 4.90. The first-order valence-corrected chi connectivity index (χ1v) is 9.85. The van der Waals surface area contributed by atoms with Crippen LogP contribution in [0.1, 0.15) is 5.56 Å². The maximum Gasteiger partial charge on any atom is 0.323 e. The van der Waals surface area contributed by atoms with Gasteiger partial charge in [-0.05, 0) is 30.7 Å². The van der Waals surface area contributed by atoms with Crippen LogP contribution in [0.4, 0.5) is 16.3 Å². The number of urea groups is 1. The van der Waals surface area contributed by atoms with Gasteiger partial charge in [-0.2, -0.15) is 0 Å². The van der Waals surface area contributed by atoms with E-state index in [1.807, 2.05) is 18.2 Å². The summed E-state index contributed by atoms with van der Waals surface area (Å²) in [5, 5.41) is 2.86. The van der Waals surface area contributed by atoms with Crippen LogP contribution >= 0.6 is 0 Å². The van der Waals surface area contributed by atoms with Gasteiger partial charge in [0.05, 0.1) is 25.3 Å². The zero-order valence-corrected chi connectivity index (χ0v) is 17.4. The quantitative estimate of drug-likeness (QED) is 0.715. The van der Waals surface area contributed by atoms with E-state index in [9.17, 15) is 4.79 Å². The van der Waals surface area contributed by atoms with E-state index in [1.165, 1.54) is 18.4 Å². The minimum Gasteiger partial charge on any atom is -0.497 e. The zero-order valence-electron chi connectivity index (χ0n) is 17.4. The van der Waals surface area contributed by atoms with Gasteiger partial charge in [0.1, 0.15) is 5.75 Å². The summed E-state index contributed by atoms with van der Waals surface area (Å²) in [5.41, 5.74) is 3.74. The number of amides is 2. The lowest BCUT2D eigenvalue weighted by atomic mass is 10.1. The third-order valence-corrected chi connectivity index (χ3v) is 5.28. The predicted molar refractivity (Wildman–Crippen MR) is 117 cm³/mol. The third kappa shape index (κ3) is 3.94. The number of para-hydroxylation sites is 1. The Kier molecular flexibility index (Phi) is 5.56. The Morgan fingerprint density at radius 2 is 1.73 bits per heavy atom. The molecule has 1 saturated heterocycles. The Bertz CT molecular complexity index is 1060. The van der Waals surface area contributed by atoms with E-state index in [2.05, 4.69) is 39.2 Å². The van der Waals surface area contributed by atoms with Crippen LogP contribution in [-0.2, 0) is 0 Å². The SMILES string of the molecule is COc1ccc2nc(OC)c(NC(=O)N3CCN(c4ccccc4C)CC3)nc2c1. The summed E-state index contributed by atoms with van der Waals surface area (Å²) in [5.74, 6) is 1.25. The zero-order chi connectivity index (χ0) is 21.1. The predicted octanol–water partition coefficient (Wildman–Crippen LogP) is 3.31. The van der Waals surface area contributed by atoms with Crippen molar-refractivity contribution in [2.24, 2.45) is 0 Å².